The lowest BCUT2D eigenvalue weighted by Gasteiger charge is -2.30. The predicted molar refractivity (Wildman–Crippen MR) is 53.1 cm³/mol. The van der Waals surface area contributed by atoms with Gasteiger partial charge < -0.3 is 9.80 Å². The average molecular weight is 169 g/mol. The Morgan fingerprint density at radius 2 is 1.92 bits per heavy atom. The van der Waals surface area contributed by atoms with Crippen LogP contribution in [0.2, 0.25) is 0 Å². The maximum Gasteiger partial charge on any atom is 0.0109 e. The molecule has 0 atom stereocenters. The molecule has 0 spiro atoms. The fourth-order valence-corrected chi connectivity index (χ4v) is 1.55. The Morgan fingerprint density at radius 1 is 1.33 bits per heavy atom. The molecular formula is C10H21N2. The Morgan fingerprint density at radius 3 is 2.42 bits per heavy atom. The first-order chi connectivity index (χ1) is 5.68. The molecule has 1 fully saturated rings. The number of likely N-dealkylation sites (tertiary alicyclic amines) is 1. The third-order valence-corrected chi connectivity index (χ3v) is 2.57. The van der Waals surface area contributed by atoms with Crippen molar-refractivity contribution < 1.29 is 0 Å². The number of likely N-dealkylation sites (N-methyl/N-ethyl adjacent to an activating group) is 1. The van der Waals surface area contributed by atoms with E-state index < -0.39 is 0 Å². The zero-order valence-electron chi connectivity index (χ0n) is 8.42. The van der Waals surface area contributed by atoms with E-state index in [4.69, 9.17) is 0 Å². The van der Waals surface area contributed by atoms with Crippen LogP contribution in [0.3, 0.4) is 0 Å². The van der Waals surface area contributed by atoms with Crippen molar-refractivity contribution in [3.63, 3.8) is 0 Å². The van der Waals surface area contributed by atoms with E-state index in [0.717, 1.165) is 0 Å². The first-order valence-electron chi connectivity index (χ1n) is 4.88. The summed E-state index contributed by atoms with van der Waals surface area (Å²) in [4.78, 5) is 4.79. The molecule has 1 aliphatic heterocycles. The molecule has 0 aromatic carbocycles. The number of hydrogen-bond acceptors (Lipinski definition) is 2. The van der Waals surface area contributed by atoms with Gasteiger partial charge in [0.1, 0.15) is 0 Å². The van der Waals surface area contributed by atoms with E-state index in [1.54, 1.807) is 0 Å². The lowest BCUT2D eigenvalue weighted by molar-refractivity contribution is 0.185. The van der Waals surface area contributed by atoms with Crippen LogP contribution in [0, 0.1) is 12.8 Å². The molecule has 0 unspecified atom stereocenters. The van der Waals surface area contributed by atoms with Crippen LogP contribution in [0.4, 0.5) is 0 Å². The summed E-state index contributed by atoms with van der Waals surface area (Å²) in [7, 11) is 4.27. The van der Waals surface area contributed by atoms with Crippen molar-refractivity contribution in [2.75, 3.05) is 40.3 Å². The van der Waals surface area contributed by atoms with Crippen molar-refractivity contribution in [3.05, 3.63) is 6.92 Å². The van der Waals surface area contributed by atoms with Gasteiger partial charge in [-0.15, -0.1) is 0 Å². The predicted octanol–water partition coefficient (Wildman–Crippen LogP) is 1.09. The van der Waals surface area contributed by atoms with Gasteiger partial charge in [-0.3, -0.25) is 0 Å². The van der Waals surface area contributed by atoms with Gasteiger partial charge in [0.25, 0.3) is 0 Å². The van der Waals surface area contributed by atoms with E-state index in [1.165, 1.54) is 39.0 Å². The zero-order valence-corrected chi connectivity index (χ0v) is 8.42. The molecule has 0 bridgehead atoms. The average Bonchev–Trinajstić information content (AvgIpc) is 2.03. The molecule has 0 N–H and O–H groups in total. The molecule has 1 saturated heterocycles. The minimum Gasteiger partial charge on any atom is -0.308 e. The molecule has 71 valence electrons. The third kappa shape index (κ3) is 3.55. The Bertz CT molecular complexity index is 115. The van der Waals surface area contributed by atoms with Gasteiger partial charge in [-0.25, -0.2) is 0 Å². The fraction of sp³-hybridized carbons (Fsp3) is 0.900. The molecule has 1 heterocycles. The molecular weight excluding hydrogens is 148 g/mol. The summed E-state index contributed by atoms with van der Waals surface area (Å²) in [5, 5.41) is 0. The van der Waals surface area contributed by atoms with Crippen molar-refractivity contribution in [2.24, 2.45) is 5.92 Å². The summed E-state index contributed by atoms with van der Waals surface area (Å²) in [6.07, 6.45) is 2.57. The summed E-state index contributed by atoms with van der Waals surface area (Å²) in [5.41, 5.74) is 0. The second kappa shape index (κ2) is 4.83. The monoisotopic (exact) mass is 169 g/mol. The number of nitrogens with zero attached hydrogens (tertiary/aromatic N) is 2. The van der Waals surface area contributed by atoms with Crippen LogP contribution >= 0.6 is 0 Å². The van der Waals surface area contributed by atoms with Crippen LogP contribution < -0.4 is 0 Å². The molecule has 12 heavy (non-hydrogen) atoms. The van der Waals surface area contributed by atoms with Gasteiger partial charge in [-0.1, -0.05) is 6.92 Å². The number of piperidine rings is 1. The van der Waals surface area contributed by atoms with Gasteiger partial charge >= 0.3 is 0 Å². The third-order valence-electron chi connectivity index (χ3n) is 2.57. The molecule has 0 saturated carbocycles. The van der Waals surface area contributed by atoms with Crippen molar-refractivity contribution in [1.82, 2.24) is 9.80 Å². The van der Waals surface area contributed by atoms with Crippen LogP contribution in [0.25, 0.3) is 0 Å². The fourth-order valence-electron chi connectivity index (χ4n) is 1.55. The molecule has 2 nitrogen and oxygen atoms in total. The summed E-state index contributed by atoms with van der Waals surface area (Å²) >= 11 is 0. The molecule has 0 aromatic rings. The highest BCUT2D eigenvalue weighted by molar-refractivity contribution is 4.73. The number of rotatable bonds is 3. The largest absolute Gasteiger partial charge is 0.308 e. The minimum atomic E-state index is 0.709. The molecule has 1 aliphatic rings. The zero-order chi connectivity index (χ0) is 8.97. The topological polar surface area (TPSA) is 6.48 Å². The molecule has 2 heteroatoms. The molecule has 0 aromatic heterocycles. The van der Waals surface area contributed by atoms with E-state index in [-0.39, 0.29) is 0 Å². The van der Waals surface area contributed by atoms with Crippen LogP contribution in [0.5, 0.6) is 0 Å². The maximum absolute atomic E-state index is 4.09. The van der Waals surface area contributed by atoms with Crippen molar-refractivity contribution in [3.8, 4) is 0 Å². The van der Waals surface area contributed by atoms with Gasteiger partial charge in [-0.2, -0.15) is 0 Å². The van der Waals surface area contributed by atoms with Gasteiger partial charge in [0, 0.05) is 13.1 Å². The second-order valence-corrected chi connectivity index (χ2v) is 4.09. The first kappa shape index (κ1) is 10.0. The molecule has 1 radical (unpaired) electrons. The Labute approximate surface area is 76.5 Å². The molecule has 1 rings (SSSR count). The summed E-state index contributed by atoms with van der Waals surface area (Å²) in [6.45, 7) is 9.00. The lowest BCUT2D eigenvalue weighted by atomic mass is 9.99. The van der Waals surface area contributed by atoms with Crippen molar-refractivity contribution in [2.45, 2.75) is 12.8 Å². The van der Waals surface area contributed by atoms with Gasteiger partial charge in [0.05, 0.1) is 0 Å². The highest BCUT2D eigenvalue weighted by Crippen LogP contribution is 2.14. The van der Waals surface area contributed by atoms with E-state index in [9.17, 15) is 0 Å². The summed E-state index contributed by atoms with van der Waals surface area (Å²) in [6, 6.07) is 0. The first-order valence-corrected chi connectivity index (χ1v) is 4.88. The normalized spacial score (nSPS) is 22.0. The highest BCUT2D eigenvalue weighted by Gasteiger charge is 2.14. The second-order valence-electron chi connectivity index (χ2n) is 4.09. The van der Waals surface area contributed by atoms with Crippen LogP contribution in [-0.2, 0) is 0 Å². The SMILES string of the molecule is [CH2]C1CCN(CCN(C)C)CC1. The Kier molecular flexibility index (Phi) is 4.02. The smallest absolute Gasteiger partial charge is 0.0109 e. The molecule has 0 aliphatic carbocycles. The standard InChI is InChI=1S/C10H21N2/c1-10-4-6-12(7-5-10)9-8-11(2)3/h10H,1,4-9H2,2-3H3. The minimum absolute atomic E-state index is 0.709. The van der Waals surface area contributed by atoms with Gasteiger partial charge in [0.15, 0.2) is 0 Å². The summed E-state index contributed by atoms with van der Waals surface area (Å²) < 4.78 is 0. The molecule has 0 amide bonds. The van der Waals surface area contributed by atoms with E-state index in [0.29, 0.717) is 5.92 Å². The maximum atomic E-state index is 4.09. The van der Waals surface area contributed by atoms with Crippen LogP contribution in [0.15, 0.2) is 0 Å². The highest BCUT2D eigenvalue weighted by atomic mass is 15.2. The van der Waals surface area contributed by atoms with Crippen molar-refractivity contribution >= 4 is 0 Å². The van der Waals surface area contributed by atoms with Gasteiger partial charge in [0.2, 0.25) is 0 Å². The van der Waals surface area contributed by atoms with Crippen molar-refractivity contribution in [1.29, 1.82) is 0 Å². The van der Waals surface area contributed by atoms with E-state index in [1.807, 2.05) is 0 Å². The Balaban J connectivity index is 2.09. The van der Waals surface area contributed by atoms with E-state index >= 15 is 0 Å². The van der Waals surface area contributed by atoms with E-state index in [2.05, 4.69) is 30.8 Å². The van der Waals surface area contributed by atoms with Crippen LogP contribution in [0.1, 0.15) is 12.8 Å². The lowest BCUT2D eigenvalue weighted by Crippen LogP contribution is -2.37. The summed E-state index contributed by atoms with van der Waals surface area (Å²) in [5.74, 6) is 0.709. The van der Waals surface area contributed by atoms with Crippen LogP contribution in [-0.4, -0.2) is 50.1 Å². The quantitative estimate of drug-likeness (QED) is 0.624. The van der Waals surface area contributed by atoms with Gasteiger partial charge in [-0.05, 0) is 45.9 Å². The Hall–Kier alpha value is -0.0800. The number of hydrogen-bond donors (Lipinski definition) is 0.